The Hall–Kier alpha value is -2.16. The molecule has 1 aromatic rings. The van der Waals surface area contributed by atoms with E-state index in [1.807, 2.05) is 0 Å². The van der Waals surface area contributed by atoms with Crippen LogP contribution in [0.4, 0.5) is 14.5 Å². The Morgan fingerprint density at radius 2 is 2.06 bits per heavy atom. The molecule has 0 aromatic heterocycles. The van der Waals surface area contributed by atoms with Crippen LogP contribution in [0.15, 0.2) is 12.1 Å². The highest BCUT2D eigenvalue weighted by atomic mass is 19.1. The second kappa shape index (κ2) is 5.96. The number of nitrogens with one attached hydrogen (secondary N) is 1. The van der Waals surface area contributed by atoms with Crippen LogP contribution in [0, 0.1) is 28.9 Å². The summed E-state index contributed by atoms with van der Waals surface area (Å²) in [6.45, 7) is 1.64. The van der Waals surface area contributed by atoms with Gasteiger partial charge >= 0.3 is 5.97 Å². The molecule has 0 saturated heterocycles. The van der Waals surface area contributed by atoms with Crippen LogP contribution in [0.1, 0.15) is 18.9 Å². The van der Waals surface area contributed by atoms with Crippen molar-refractivity contribution >= 4 is 11.7 Å². The van der Waals surface area contributed by atoms with Crippen molar-refractivity contribution in [3.8, 4) is 6.07 Å². The average molecular weight is 254 g/mol. The highest BCUT2D eigenvalue weighted by Gasteiger charge is 2.13. The summed E-state index contributed by atoms with van der Waals surface area (Å²) in [5.41, 5.74) is -0.443. The van der Waals surface area contributed by atoms with Crippen LogP contribution in [0.5, 0.6) is 0 Å². The van der Waals surface area contributed by atoms with Gasteiger partial charge in [-0.05, 0) is 18.6 Å². The summed E-state index contributed by atoms with van der Waals surface area (Å²) >= 11 is 0. The van der Waals surface area contributed by atoms with E-state index in [0.29, 0.717) is 0 Å². The number of carbonyl (C=O) groups is 1. The molecule has 0 aliphatic rings. The highest BCUT2D eigenvalue weighted by molar-refractivity contribution is 5.69. The summed E-state index contributed by atoms with van der Waals surface area (Å²) in [7, 11) is 0. The SMILES string of the molecule is CC(CCNc1c(F)cc(C#N)cc1F)C(=O)O. The lowest BCUT2D eigenvalue weighted by Gasteiger charge is -2.10. The second-order valence-corrected chi connectivity index (χ2v) is 3.88. The van der Waals surface area contributed by atoms with Gasteiger partial charge in [0.2, 0.25) is 0 Å². The van der Waals surface area contributed by atoms with Crippen molar-refractivity contribution in [2.24, 2.45) is 5.92 Å². The molecule has 0 bridgehead atoms. The zero-order valence-electron chi connectivity index (χ0n) is 9.70. The van der Waals surface area contributed by atoms with Gasteiger partial charge in [0, 0.05) is 6.54 Å². The molecule has 0 spiro atoms. The van der Waals surface area contributed by atoms with Gasteiger partial charge in [0.15, 0.2) is 11.6 Å². The molecule has 18 heavy (non-hydrogen) atoms. The molecule has 0 aliphatic heterocycles. The minimum absolute atomic E-state index is 0.102. The van der Waals surface area contributed by atoms with Crippen LogP contribution < -0.4 is 5.32 Å². The van der Waals surface area contributed by atoms with Gasteiger partial charge in [-0.3, -0.25) is 4.79 Å². The Morgan fingerprint density at radius 1 is 1.50 bits per heavy atom. The fraction of sp³-hybridized carbons (Fsp3) is 0.333. The lowest BCUT2D eigenvalue weighted by Crippen LogP contribution is -2.15. The summed E-state index contributed by atoms with van der Waals surface area (Å²) in [5.74, 6) is -3.29. The quantitative estimate of drug-likeness (QED) is 0.846. The first-order valence-electron chi connectivity index (χ1n) is 5.31. The second-order valence-electron chi connectivity index (χ2n) is 3.88. The third-order valence-corrected chi connectivity index (χ3v) is 2.47. The van der Waals surface area contributed by atoms with Crippen LogP contribution in [-0.2, 0) is 4.79 Å². The van der Waals surface area contributed by atoms with E-state index in [4.69, 9.17) is 10.4 Å². The molecule has 1 aromatic carbocycles. The van der Waals surface area contributed by atoms with Gasteiger partial charge in [-0.1, -0.05) is 6.92 Å². The number of benzene rings is 1. The fourth-order valence-electron chi connectivity index (χ4n) is 1.34. The Kier molecular flexibility index (Phi) is 4.60. The predicted octanol–water partition coefficient (Wildman–Crippen LogP) is 2.36. The number of nitrogens with zero attached hydrogens (tertiary/aromatic N) is 1. The average Bonchev–Trinajstić information content (AvgIpc) is 2.31. The van der Waals surface area contributed by atoms with E-state index in [1.165, 1.54) is 6.92 Å². The molecule has 1 unspecified atom stereocenters. The normalized spacial score (nSPS) is 11.7. The molecule has 0 amide bonds. The Labute approximate surface area is 103 Å². The summed E-state index contributed by atoms with van der Waals surface area (Å²) in [6, 6.07) is 3.48. The first-order valence-corrected chi connectivity index (χ1v) is 5.31. The summed E-state index contributed by atoms with van der Waals surface area (Å²) in [4.78, 5) is 10.5. The predicted molar refractivity (Wildman–Crippen MR) is 61.0 cm³/mol. The Balaban J connectivity index is 2.69. The van der Waals surface area contributed by atoms with Crippen LogP contribution in [0.3, 0.4) is 0 Å². The van der Waals surface area contributed by atoms with Crippen molar-refractivity contribution < 1.29 is 18.7 Å². The molecule has 0 radical (unpaired) electrons. The highest BCUT2D eigenvalue weighted by Crippen LogP contribution is 2.20. The molecule has 4 nitrogen and oxygen atoms in total. The van der Waals surface area contributed by atoms with Crippen molar-refractivity contribution in [1.82, 2.24) is 0 Å². The molecule has 6 heteroatoms. The zero-order valence-corrected chi connectivity index (χ0v) is 9.70. The standard InChI is InChI=1S/C12H12F2N2O2/c1-7(12(17)18)2-3-16-11-9(13)4-8(6-15)5-10(11)14/h4-5,7,16H,2-3H2,1H3,(H,17,18). The maximum absolute atomic E-state index is 13.4. The molecule has 0 aliphatic carbocycles. The van der Waals surface area contributed by atoms with E-state index >= 15 is 0 Å². The maximum Gasteiger partial charge on any atom is 0.306 e. The summed E-state index contributed by atoms with van der Waals surface area (Å²) in [6.07, 6.45) is 0.244. The van der Waals surface area contributed by atoms with E-state index < -0.39 is 23.5 Å². The molecule has 96 valence electrons. The van der Waals surface area contributed by atoms with Crippen molar-refractivity contribution in [3.05, 3.63) is 29.3 Å². The van der Waals surface area contributed by atoms with Crippen LogP contribution in [-0.4, -0.2) is 17.6 Å². The molecular formula is C12H12F2N2O2. The van der Waals surface area contributed by atoms with Gasteiger partial charge in [0.05, 0.1) is 17.6 Å². The number of rotatable bonds is 5. The molecule has 1 atom stereocenters. The van der Waals surface area contributed by atoms with Crippen LogP contribution in [0.25, 0.3) is 0 Å². The minimum Gasteiger partial charge on any atom is -0.481 e. The van der Waals surface area contributed by atoms with Crippen molar-refractivity contribution in [2.45, 2.75) is 13.3 Å². The molecule has 1 rings (SSSR count). The molecule has 0 saturated carbocycles. The Morgan fingerprint density at radius 3 is 2.50 bits per heavy atom. The molecule has 0 fully saturated rings. The lowest BCUT2D eigenvalue weighted by atomic mass is 10.1. The van der Waals surface area contributed by atoms with E-state index in [1.54, 1.807) is 6.07 Å². The number of carboxylic acid groups (broad SMARTS) is 1. The van der Waals surface area contributed by atoms with Gasteiger partial charge in [0.25, 0.3) is 0 Å². The van der Waals surface area contributed by atoms with Crippen molar-refractivity contribution in [1.29, 1.82) is 5.26 Å². The summed E-state index contributed by atoms with van der Waals surface area (Å²) < 4.78 is 26.8. The monoisotopic (exact) mass is 254 g/mol. The fourth-order valence-corrected chi connectivity index (χ4v) is 1.34. The number of hydrogen-bond acceptors (Lipinski definition) is 3. The zero-order chi connectivity index (χ0) is 13.7. The third-order valence-electron chi connectivity index (χ3n) is 2.47. The number of aliphatic carboxylic acids is 1. The number of anilines is 1. The Bertz CT molecular complexity index is 474. The van der Waals surface area contributed by atoms with E-state index in [-0.39, 0.29) is 24.2 Å². The van der Waals surface area contributed by atoms with E-state index in [2.05, 4.69) is 5.32 Å². The van der Waals surface area contributed by atoms with Crippen LogP contribution in [0.2, 0.25) is 0 Å². The first kappa shape index (κ1) is 13.9. The number of hydrogen-bond donors (Lipinski definition) is 2. The lowest BCUT2D eigenvalue weighted by molar-refractivity contribution is -0.141. The minimum atomic E-state index is -0.961. The third kappa shape index (κ3) is 3.42. The van der Waals surface area contributed by atoms with Crippen molar-refractivity contribution in [3.63, 3.8) is 0 Å². The molecular weight excluding hydrogens is 242 g/mol. The first-order chi connectivity index (χ1) is 8.45. The largest absolute Gasteiger partial charge is 0.481 e. The van der Waals surface area contributed by atoms with E-state index in [9.17, 15) is 13.6 Å². The van der Waals surface area contributed by atoms with Crippen LogP contribution >= 0.6 is 0 Å². The van der Waals surface area contributed by atoms with E-state index in [0.717, 1.165) is 12.1 Å². The van der Waals surface area contributed by atoms with Gasteiger partial charge < -0.3 is 10.4 Å². The summed E-state index contributed by atoms with van der Waals surface area (Å²) in [5, 5.41) is 19.7. The van der Waals surface area contributed by atoms with Gasteiger partial charge in [-0.25, -0.2) is 8.78 Å². The molecule has 2 N–H and O–H groups in total. The molecule has 0 heterocycles. The topological polar surface area (TPSA) is 73.1 Å². The maximum atomic E-state index is 13.4. The van der Waals surface area contributed by atoms with Gasteiger partial charge in [-0.15, -0.1) is 0 Å². The number of nitriles is 1. The van der Waals surface area contributed by atoms with Gasteiger partial charge in [-0.2, -0.15) is 5.26 Å². The smallest absolute Gasteiger partial charge is 0.306 e. The number of carboxylic acids is 1. The van der Waals surface area contributed by atoms with Gasteiger partial charge in [0.1, 0.15) is 5.69 Å². The number of halogens is 2. The van der Waals surface area contributed by atoms with Crippen molar-refractivity contribution in [2.75, 3.05) is 11.9 Å².